The maximum absolute atomic E-state index is 11.6. The van der Waals surface area contributed by atoms with Gasteiger partial charge < -0.3 is 14.6 Å². The third kappa shape index (κ3) is 6.46. The lowest BCUT2D eigenvalue weighted by molar-refractivity contribution is -0.117. The fraction of sp³-hybridized carbons (Fsp3) is 0.407. The number of ether oxygens (including phenoxy) is 1. The van der Waals surface area contributed by atoms with E-state index in [2.05, 4.69) is 66.7 Å². The number of hydrogen-bond acceptors (Lipinski definition) is 3. The number of aromatic nitrogens is 2. The predicted octanol–water partition coefficient (Wildman–Crippen LogP) is 5.53. The highest BCUT2D eigenvalue weighted by Crippen LogP contribution is 2.21. The van der Waals surface area contributed by atoms with E-state index in [1.807, 2.05) is 6.07 Å². The highest BCUT2D eigenvalue weighted by Gasteiger charge is 2.10. The molecule has 0 atom stereocenters. The van der Waals surface area contributed by atoms with Crippen LogP contribution >= 0.6 is 0 Å². The zero-order valence-corrected chi connectivity index (χ0v) is 19.6. The summed E-state index contributed by atoms with van der Waals surface area (Å²) in [6, 6.07) is 14.7. The van der Waals surface area contributed by atoms with Crippen LogP contribution in [0.3, 0.4) is 0 Å². The minimum Gasteiger partial charge on any atom is -0.493 e. The number of nitrogens with one attached hydrogen (secondary N) is 1. The molecule has 0 aliphatic carbocycles. The topological polar surface area (TPSA) is 56.2 Å². The number of nitrogens with zero attached hydrogens (tertiary/aromatic N) is 2. The van der Waals surface area contributed by atoms with Crippen LogP contribution in [0.15, 0.2) is 54.6 Å². The fourth-order valence-corrected chi connectivity index (χ4v) is 3.77. The van der Waals surface area contributed by atoms with Crippen molar-refractivity contribution in [2.75, 3.05) is 13.2 Å². The lowest BCUT2D eigenvalue weighted by atomic mass is 10.1. The Morgan fingerprint density at radius 2 is 1.91 bits per heavy atom. The third-order valence-corrected chi connectivity index (χ3v) is 5.61. The monoisotopic (exact) mass is 433 g/mol. The first-order valence-electron chi connectivity index (χ1n) is 11.5. The third-order valence-electron chi connectivity index (χ3n) is 5.61. The van der Waals surface area contributed by atoms with Crippen molar-refractivity contribution in [3.63, 3.8) is 0 Å². The summed E-state index contributed by atoms with van der Waals surface area (Å²) in [5.74, 6) is 2.04. The molecule has 0 saturated heterocycles. The van der Waals surface area contributed by atoms with Gasteiger partial charge in [-0.05, 0) is 69.4 Å². The van der Waals surface area contributed by atoms with Crippen LogP contribution in [-0.2, 0) is 17.8 Å². The minimum atomic E-state index is -0.0603. The van der Waals surface area contributed by atoms with Crippen molar-refractivity contribution in [3.05, 3.63) is 71.6 Å². The Kier molecular flexibility index (Phi) is 8.48. The molecule has 1 heterocycles. The molecule has 1 aromatic heterocycles. The second-order valence-electron chi connectivity index (χ2n) is 8.49. The van der Waals surface area contributed by atoms with E-state index < -0.39 is 0 Å². The summed E-state index contributed by atoms with van der Waals surface area (Å²) in [6.07, 6.45) is 4.91. The van der Waals surface area contributed by atoms with Gasteiger partial charge in [0.05, 0.1) is 17.6 Å². The number of para-hydroxylation sites is 2. The van der Waals surface area contributed by atoms with E-state index in [1.165, 1.54) is 16.6 Å². The summed E-state index contributed by atoms with van der Waals surface area (Å²) in [5, 5.41) is 2.90. The van der Waals surface area contributed by atoms with Crippen LogP contribution < -0.4 is 10.1 Å². The molecule has 2 aromatic carbocycles. The maximum Gasteiger partial charge on any atom is 0.246 e. The first-order chi connectivity index (χ1) is 15.5. The molecule has 0 unspecified atom stereocenters. The van der Waals surface area contributed by atoms with Crippen LogP contribution in [0, 0.1) is 13.8 Å². The first kappa shape index (κ1) is 23.6. The van der Waals surface area contributed by atoms with Gasteiger partial charge in [0.1, 0.15) is 11.6 Å². The van der Waals surface area contributed by atoms with E-state index in [-0.39, 0.29) is 5.91 Å². The molecule has 0 fully saturated rings. The van der Waals surface area contributed by atoms with Gasteiger partial charge >= 0.3 is 0 Å². The number of carbonyl (C=O) groups excluding carboxylic acids is 1. The predicted molar refractivity (Wildman–Crippen MR) is 131 cm³/mol. The molecular formula is C27H35N3O2. The Labute approximate surface area is 191 Å². The molecule has 0 saturated carbocycles. The Morgan fingerprint density at radius 1 is 1.09 bits per heavy atom. The van der Waals surface area contributed by atoms with Crippen molar-refractivity contribution in [1.82, 2.24) is 14.9 Å². The van der Waals surface area contributed by atoms with Crippen LogP contribution in [0.25, 0.3) is 11.0 Å². The van der Waals surface area contributed by atoms with Crippen molar-refractivity contribution in [2.45, 2.75) is 59.4 Å². The molecule has 3 rings (SSSR count). The van der Waals surface area contributed by atoms with E-state index >= 15 is 0 Å². The van der Waals surface area contributed by atoms with Crippen molar-refractivity contribution in [3.8, 4) is 5.75 Å². The van der Waals surface area contributed by atoms with E-state index in [0.29, 0.717) is 18.7 Å². The standard InChI is InChI=1S/C27H35N3O2/c1-20(2)27(31)28-16-9-5-6-13-26-29-23-11-7-8-12-24(23)30(26)17-10-18-32-25-19-21(3)14-15-22(25)4/h7-8,11-12,14-15,19H,1,5-6,9-10,13,16-18H2,2-4H3,(H,28,31). The van der Waals surface area contributed by atoms with Crippen LogP contribution in [0.2, 0.25) is 0 Å². The summed E-state index contributed by atoms with van der Waals surface area (Å²) in [6.45, 7) is 11.8. The molecule has 170 valence electrons. The second kappa shape index (κ2) is 11.5. The largest absolute Gasteiger partial charge is 0.493 e. The van der Waals surface area contributed by atoms with Gasteiger partial charge in [0.15, 0.2) is 0 Å². The Bertz CT molecular complexity index is 1070. The SMILES string of the molecule is C=C(C)C(=O)NCCCCCc1nc2ccccc2n1CCCOc1cc(C)ccc1C. The average molecular weight is 434 g/mol. The lowest BCUT2D eigenvalue weighted by Gasteiger charge is -2.12. The number of unbranched alkanes of at least 4 members (excludes halogenated alkanes) is 2. The molecule has 3 aromatic rings. The van der Waals surface area contributed by atoms with Crippen LogP contribution in [0.1, 0.15) is 49.6 Å². The number of benzene rings is 2. The Morgan fingerprint density at radius 3 is 2.72 bits per heavy atom. The van der Waals surface area contributed by atoms with Gasteiger partial charge in [0.25, 0.3) is 0 Å². The molecule has 0 spiro atoms. The smallest absolute Gasteiger partial charge is 0.246 e. The van der Waals surface area contributed by atoms with E-state index in [4.69, 9.17) is 9.72 Å². The fourth-order valence-electron chi connectivity index (χ4n) is 3.77. The molecule has 0 aliphatic heterocycles. The molecule has 0 aliphatic rings. The highest BCUT2D eigenvalue weighted by atomic mass is 16.5. The maximum atomic E-state index is 11.6. The molecule has 5 heteroatoms. The summed E-state index contributed by atoms with van der Waals surface area (Å²) in [4.78, 5) is 16.4. The molecule has 5 nitrogen and oxygen atoms in total. The van der Waals surface area contributed by atoms with Gasteiger partial charge in [-0.1, -0.05) is 37.3 Å². The number of hydrogen-bond donors (Lipinski definition) is 1. The quantitative estimate of drug-likeness (QED) is 0.302. The molecule has 1 amide bonds. The van der Waals surface area contributed by atoms with E-state index in [1.54, 1.807) is 6.92 Å². The van der Waals surface area contributed by atoms with Gasteiger partial charge in [0.2, 0.25) is 5.91 Å². The summed E-state index contributed by atoms with van der Waals surface area (Å²) < 4.78 is 8.39. The number of imidazole rings is 1. The summed E-state index contributed by atoms with van der Waals surface area (Å²) >= 11 is 0. The average Bonchev–Trinajstić information content (AvgIpc) is 3.13. The van der Waals surface area contributed by atoms with Gasteiger partial charge in [-0.3, -0.25) is 4.79 Å². The van der Waals surface area contributed by atoms with Crippen LogP contribution in [-0.4, -0.2) is 28.6 Å². The lowest BCUT2D eigenvalue weighted by Crippen LogP contribution is -2.24. The van der Waals surface area contributed by atoms with Gasteiger partial charge in [-0.15, -0.1) is 0 Å². The minimum absolute atomic E-state index is 0.0603. The zero-order valence-electron chi connectivity index (χ0n) is 19.6. The number of rotatable bonds is 12. The van der Waals surface area contributed by atoms with Crippen molar-refractivity contribution in [1.29, 1.82) is 0 Å². The van der Waals surface area contributed by atoms with E-state index in [0.717, 1.165) is 55.7 Å². The molecule has 1 N–H and O–H groups in total. The zero-order chi connectivity index (χ0) is 22.9. The highest BCUT2D eigenvalue weighted by molar-refractivity contribution is 5.92. The van der Waals surface area contributed by atoms with E-state index in [9.17, 15) is 4.79 Å². The van der Waals surface area contributed by atoms with Gasteiger partial charge in [0, 0.05) is 25.1 Å². The molecule has 32 heavy (non-hydrogen) atoms. The first-order valence-corrected chi connectivity index (χ1v) is 11.5. The molecule has 0 bridgehead atoms. The number of carbonyl (C=O) groups is 1. The number of fused-ring (bicyclic) bond motifs is 1. The van der Waals surface area contributed by atoms with Crippen molar-refractivity contribution < 1.29 is 9.53 Å². The van der Waals surface area contributed by atoms with Crippen LogP contribution in [0.5, 0.6) is 5.75 Å². The Hall–Kier alpha value is -3.08. The van der Waals surface area contributed by atoms with Crippen molar-refractivity contribution in [2.24, 2.45) is 0 Å². The van der Waals surface area contributed by atoms with Crippen molar-refractivity contribution >= 4 is 16.9 Å². The van der Waals surface area contributed by atoms with Gasteiger partial charge in [-0.2, -0.15) is 0 Å². The number of amides is 1. The summed E-state index contributed by atoms with van der Waals surface area (Å²) in [7, 11) is 0. The second-order valence-corrected chi connectivity index (χ2v) is 8.49. The normalized spacial score (nSPS) is 11.0. The van der Waals surface area contributed by atoms with Gasteiger partial charge in [-0.25, -0.2) is 4.98 Å². The summed E-state index contributed by atoms with van der Waals surface area (Å²) in [5.41, 5.74) is 5.17. The number of aryl methyl sites for hydroxylation is 4. The Balaban J connectivity index is 1.53. The molecule has 0 radical (unpaired) electrons. The van der Waals surface area contributed by atoms with Crippen LogP contribution in [0.4, 0.5) is 0 Å². The molecular weight excluding hydrogens is 398 g/mol.